The van der Waals surface area contributed by atoms with Crippen molar-refractivity contribution in [3.05, 3.63) is 25.0 Å². The smallest absolute Gasteiger partial charge is 0.545 e. The van der Waals surface area contributed by atoms with E-state index in [1.54, 1.807) is 0 Å². The summed E-state index contributed by atoms with van der Waals surface area (Å²) in [7, 11) is 0. The minimum Gasteiger partial charge on any atom is -0.545 e. The van der Waals surface area contributed by atoms with Crippen molar-refractivity contribution in [1.82, 2.24) is 0 Å². The molecule has 0 radical (unpaired) electrons. The number of esters is 1. The van der Waals surface area contributed by atoms with Crippen LogP contribution in [-0.2, 0) is 19.1 Å². The first-order valence-electron chi connectivity index (χ1n) is 3.30. The molecule has 1 N–H and O–H groups in total. The summed E-state index contributed by atoms with van der Waals surface area (Å²) in [4.78, 5) is 28.7. The standard InChI is InChI=1S/C4H4O4.C4H6O2.K/c5-3(6)1-2-4(7)8;1-3-6-4(2)5;/h1-2H,(H,5,6)(H,7,8);3H,1H2,2H3;/q;;+1/p-1. The van der Waals surface area contributed by atoms with Crippen molar-refractivity contribution in [2.24, 2.45) is 0 Å². The normalized spacial score (nSPS) is 7.80. The van der Waals surface area contributed by atoms with E-state index in [-0.39, 0.29) is 57.4 Å². The van der Waals surface area contributed by atoms with Crippen molar-refractivity contribution in [1.29, 1.82) is 0 Å². The fourth-order valence-electron chi connectivity index (χ4n) is 0.257. The first-order chi connectivity index (χ1) is 6.40. The molecular weight excluding hydrogens is 231 g/mol. The molecule has 0 aliphatic heterocycles. The summed E-state index contributed by atoms with van der Waals surface area (Å²) in [5.74, 6) is -3.13. The zero-order valence-electron chi connectivity index (χ0n) is 8.43. The van der Waals surface area contributed by atoms with Crippen LogP contribution in [0.25, 0.3) is 0 Å². The van der Waals surface area contributed by atoms with Crippen LogP contribution in [0.3, 0.4) is 0 Å². The van der Waals surface area contributed by atoms with Crippen LogP contribution < -0.4 is 56.5 Å². The number of hydrogen-bond acceptors (Lipinski definition) is 5. The van der Waals surface area contributed by atoms with Gasteiger partial charge in [0.2, 0.25) is 0 Å². The van der Waals surface area contributed by atoms with Crippen LogP contribution in [0.15, 0.2) is 25.0 Å². The van der Waals surface area contributed by atoms with E-state index in [0.717, 1.165) is 6.26 Å². The van der Waals surface area contributed by atoms with Crippen molar-refractivity contribution < 1.29 is 80.7 Å². The van der Waals surface area contributed by atoms with Crippen molar-refractivity contribution in [3.8, 4) is 0 Å². The first kappa shape index (κ1) is 20.0. The number of hydrogen-bond donors (Lipinski definition) is 1. The number of carboxylic acids is 2. The van der Waals surface area contributed by atoms with Gasteiger partial charge in [0.1, 0.15) is 0 Å². The summed E-state index contributed by atoms with van der Waals surface area (Å²) in [6.07, 6.45) is 2.04. The second-order valence-electron chi connectivity index (χ2n) is 1.77. The van der Waals surface area contributed by atoms with Gasteiger partial charge in [-0.2, -0.15) is 0 Å². The molecule has 0 fully saturated rings. The third kappa shape index (κ3) is 31.7. The fourth-order valence-corrected chi connectivity index (χ4v) is 0.257. The molecule has 0 aliphatic carbocycles. The van der Waals surface area contributed by atoms with E-state index in [9.17, 15) is 19.5 Å². The van der Waals surface area contributed by atoms with E-state index in [2.05, 4.69) is 11.3 Å². The van der Waals surface area contributed by atoms with Gasteiger partial charge in [-0.1, -0.05) is 6.58 Å². The molecule has 0 aromatic rings. The van der Waals surface area contributed by atoms with E-state index in [1.165, 1.54) is 6.92 Å². The second kappa shape index (κ2) is 13.5. The molecule has 0 saturated carbocycles. The largest absolute Gasteiger partial charge is 1.00 e. The van der Waals surface area contributed by atoms with Crippen LogP contribution in [0.2, 0.25) is 0 Å². The van der Waals surface area contributed by atoms with Crippen LogP contribution >= 0.6 is 0 Å². The van der Waals surface area contributed by atoms with Crippen molar-refractivity contribution >= 4 is 17.9 Å². The third-order valence-electron chi connectivity index (χ3n) is 0.611. The Morgan fingerprint density at radius 2 is 1.80 bits per heavy atom. The summed E-state index contributed by atoms with van der Waals surface area (Å²) >= 11 is 0. The third-order valence-corrected chi connectivity index (χ3v) is 0.611. The number of aliphatic carboxylic acids is 2. The number of carboxylic acid groups (broad SMARTS) is 2. The summed E-state index contributed by atoms with van der Waals surface area (Å²) in [6.45, 7) is 4.48. The first-order valence-corrected chi connectivity index (χ1v) is 3.30. The van der Waals surface area contributed by atoms with Crippen LogP contribution in [0.5, 0.6) is 0 Å². The van der Waals surface area contributed by atoms with Crippen LogP contribution in [0.4, 0.5) is 0 Å². The fraction of sp³-hybridized carbons (Fsp3) is 0.125. The van der Waals surface area contributed by atoms with Gasteiger partial charge in [0, 0.05) is 13.0 Å². The molecule has 0 bridgehead atoms. The Hall–Kier alpha value is -0.474. The summed E-state index contributed by atoms with van der Waals surface area (Å²) in [5, 5.41) is 17.2. The molecule has 0 aliphatic rings. The average molecular weight is 240 g/mol. The molecule has 0 aromatic heterocycles. The van der Waals surface area contributed by atoms with Crippen molar-refractivity contribution in [2.75, 3.05) is 0 Å². The molecule has 6 nitrogen and oxygen atoms in total. The van der Waals surface area contributed by atoms with Gasteiger partial charge in [-0.05, 0) is 6.08 Å². The summed E-state index contributed by atoms with van der Waals surface area (Å²) < 4.78 is 4.17. The predicted molar refractivity (Wildman–Crippen MR) is 43.7 cm³/mol. The van der Waals surface area contributed by atoms with E-state index >= 15 is 0 Å². The van der Waals surface area contributed by atoms with Gasteiger partial charge in [-0.25, -0.2) is 4.79 Å². The average Bonchev–Trinajstić information content (AvgIpc) is 2.01. The Morgan fingerprint density at radius 3 is 1.87 bits per heavy atom. The molecule has 0 unspecified atom stereocenters. The molecule has 15 heavy (non-hydrogen) atoms. The Morgan fingerprint density at radius 1 is 1.33 bits per heavy atom. The maximum atomic E-state index is 9.75. The van der Waals surface area contributed by atoms with Crippen LogP contribution in [0.1, 0.15) is 6.92 Å². The Kier molecular flexibility index (Phi) is 18.0. The van der Waals surface area contributed by atoms with Crippen molar-refractivity contribution in [2.45, 2.75) is 6.92 Å². The minimum atomic E-state index is -1.51. The topological polar surface area (TPSA) is 104 Å². The Balaban J connectivity index is -0.000000187. The quantitative estimate of drug-likeness (QED) is 0.234. The van der Waals surface area contributed by atoms with Gasteiger partial charge in [0.05, 0.1) is 12.2 Å². The SMILES string of the molecule is C=COC(C)=O.O=C([O-])C=CC(=O)O.[K+]. The van der Waals surface area contributed by atoms with E-state index in [0.29, 0.717) is 12.2 Å². The Bertz CT molecular complexity index is 242. The number of carbonyl (C=O) groups excluding carboxylic acids is 2. The van der Waals surface area contributed by atoms with Gasteiger partial charge in [0.25, 0.3) is 0 Å². The molecule has 7 heteroatoms. The maximum absolute atomic E-state index is 9.75. The molecule has 78 valence electrons. The molecule has 0 amide bonds. The van der Waals surface area contributed by atoms with Gasteiger partial charge < -0.3 is 19.7 Å². The van der Waals surface area contributed by atoms with Gasteiger partial charge in [-0.15, -0.1) is 0 Å². The molecule has 0 spiro atoms. The van der Waals surface area contributed by atoms with Crippen molar-refractivity contribution in [3.63, 3.8) is 0 Å². The zero-order chi connectivity index (χ0) is 11.6. The summed E-state index contributed by atoms with van der Waals surface area (Å²) in [5.41, 5.74) is 0. The number of rotatable bonds is 3. The monoisotopic (exact) mass is 240 g/mol. The molecule has 0 saturated heterocycles. The number of carbonyl (C=O) groups is 3. The predicted octanol–water partition coefficient (Wildman–Crippen LogP) is -3.93. The summed E-state index contributed by atoms with van der Waals surface area (Å²) in [6, 6.07) is 0. The minimum absolute atomic E-state index is 0. The second-order valence-corrected chi connectivity index (χ2v) is 1.77. The molecule has 0 atom stereocenters. The van der Waals surface area contributed by atoms with E-state index < -0.39 is 11.9 Å². The Labute approximate surface area is 129 Å². The molecule has 0 aromatic carbocycles. The molecule has 0 rings (SSSR count). The molecule has 0 heterocycles. The van der Waals surface area contributed by atoms with Crippen LogP contribution in [-0.4, -0.2) is 23.0 Å². The maximum Gasteiger partial charge on any atom is 1.00 e. The zero-order valence-corrected chi connectivity index (χ0v) is 11.6. The number of ether oxygens (including phenoxy) is 1. The van der Waals surface area contributed by atoms with Gasteiger partial charge in [-0.3, -0.25) is 4.79 Å². The van der Waals surface area contributed by atoms with Crippen LogP contribution in [0, 0.1) is 0 Å². The van der Waals surface area contributed by atoms with E-state index in [1.807, 2.05) is 0 Å². The van der Waals surface area contributed by atoms with Gasteiger partial charge in [0.15, 0.2) is 0 Å². The van der Waals surface area contributed by atoms with E-state index in [4.69, 9.17) is 5.11 Å². The van der Waals surface area contributed by atoms with Gasteiger partial charge >= 0.3 is 63.3 Å². The molecular formula is C8H9KO6.